The molecule has 1 amide bonds. The Morgan fingerprint density at radius 2 is 1.79 bits per heavy atom. The summed E-state index contributed by atoms with van der Waals surface area (Å²) in [6.07, 6.45) is 1.99. The Morgan fingerprint density at radius 3 is 2.25 bits per heavy atom. The number of amides is 1. The van der Waals surface area contributed by atoms with Crippen molar-refractivity contribution in [3.05, 3.63) is 24.3 Å². The Hall–Kier alpha value is -1.76. The highest BCUT2D eigenvalue weighted by Crippen LogP contribution is 2.21. The van der Waals surface area contributed by atoms with Crippen LogP contribution in [0.5, 0.6) is 5.75 Å². The molecule has 1 N–H and O–H groups in total. The Labute approximate surface area is 145 Å². The quantitative estimate of drug-likeness (QED) is 0.737. The summed E-state index contributed by atoms with van der Waals surface area (Å²) in [4.78, 5) is 12.2. The average Bonchev–Trinajstić information content (AvgIpc) is 2.50. The van der Waals surface area contributed by atoms with E-state index in [0.717, 1.165) is 17.0 Å². The average molecular weight is 356 g/mol. The van der Waals surface area contributed by atoms with Crippen LogP contribution in [0.2, 0.25) is 0 Å². The zero-order chi connectivity index (χ0) is 18.3. The number of ether oxygens (including phenoxy) is 1. The molecule has 0 spiro atoms. The zero-order valence-corrected chi connectivity index (χ0v) is 15.9. The van der Waals surface area contributed by atoms with E-state index < -0.39 is 10.0 Å². The van der Waals surface area contributed by atoms with E-state index in [-0.39, 0.29) is 24.4 Å². The minimum absolute atomic E-state index is 0.0243. The molecule has 1 atom stereocenters. The second kappa shape index (κ2) is 8.92. The second-order valence-corrected chi connectivity index (χ2v) is 8.12. The van der Waals surface area contributed by atoms with Gasteiger partial charge in [0.05, 0.1) is 18.6 Å². The molecule has 0 saturated carbocycles. The molecule has 1 aromatic rings. The van der Waals surface area contributed by atoms with E-state index >= 15 is 0 Å². The number of anilines is 1. The molecular weight excluding hydrogens is 328 g/mol. The van der Waals surface area contributed by atoms with Crippen molar-refractivity contribution >= 4 is 21.6 Å². The first kappa shape index (κ1) is 20.3. The smallest absolute Gasteiger partial charge is 0.240 e. The summed E-state index contributed by atoms with van der Waals surface area (Å²) < 4.78 is 30.7. The Bertz CT molecular complexity index is 626. The molecule has 136 valence electrons. The van der Waals surface area contributed by atoms with E-state index in [2.05, 4.69) is 5.32 Å². The first-order chi connectivity index (χ1) is 11.1. The SMILES string of the molecule is CCCOc1ccc(N(CC(=O)NC(C)C(C)C)S(C)(=O)=O)cc1. The van der Waals surface area contributed by atoms with Gasteiger partial charge in [-0.15, -0.1) is 0 Å². The van der Waals surface area contributed by atoms with Crippen LogP contribution in [-0.2, 0) is 14.8 Å². The Kier molecular flexibility index (Phi) is 7.54. The fraction of sp³-hybridized carbons (Fsp3) is 0.588. The van der Waals surface area contributed by atoms with Crippen LogP contribution in [0.25, 0.3) is 0 Å². The maximum absolute atomic E-state index is 12.2. The van der Waals surface area contributed by atoms with Gasteiger partial charge in [0.15, 0.2) is 0 Å². The molecule has 1 aromatic carbocycles. The highest BCUT2D eigenvalue weighted by Gasteiger charge is 2.22. The van der Waals surface area contributed by atoms with Crippen LogP contribution < -0.4 is 14.4 Å². The molecule has 0 saturated heterocycles. The van der Waals surface area contributed by atoms with Crippen LogP contribution in [0.1, 0.15) is 34.1 Å². The number of rotatable bonds is 9. The molecule has 0 heterocycles. The van der Waals surface area contributed by atoms with Crippen molar-refractivity contribution in [2.45, 2.75) is 40.2 Å². The topological polar surface area (TPSA) is 75.7 Å². The lowest BCUT2D eigenvalue weighted by atomic mass is 10.1. The van der Waals surface area contributed by atoms with Crippen LogP contribution in [0, 0.1) is 5.92 Å². The van der Waals surface area contributed by atoms with Crippen molar-refractivity contribution < 1.29 is 17.9 Å². The summed E-state index contributed by atoms with van der Waals surface area (Å²) in [5.41, 5.74) is 0.439. The van der Waals surface area contributed by atoms with Gasteiger partial charge in [-0.3, -0.25) is 9.10 Å². The molecule has 24 heavy (non-hydrogen) atoms. The molecule has 0 fully saturated rings. The van der Waals surface area contributed by atoms with Crippen LogP contribution >= 0.6 is 0 Å². The monoisotopic (exact) mass is 356 g/mol. The molecular formula is C17H28N2O4S. The predicted octanol–water partition coefficient (Wildman–Crippen LogP) is 2.40. The highest BCUT2D eigenvalue weighted by molar-refractivity contribution is 7.92. The van der Waals surface area contributed by atoms with Crippen LogP contribution in [0.4, 0.5) is 5.69 Å². The van der Waals surface area contributed by atoms with E-state index in [4.69, 9.17) is 4.74 Å². The van der Waals surface area contributed by atoms with Crippen LogP contribution in [0.3, 0.4) is 0 Å². The maximum Gasteiger partial charge on any atom is 0.240 e. The lowest BCUT2D eigenvalue weighted by Crippen LogP contribution is -2.44. The van der Waals surface area contributed by atoms with Gasteiger partial charge < -0.3 is 10.1 Å². The number of hydrogen-bond donors (Lipinski definition) is 1. The van der Waals surface area contributed by atoms with Gasteiger partial charge in [-0.1, -0.05) is 20.8 Å². The summed E-state index contributed by atoms with van der Waals surface area (Å²) in [5, 5.41) is 2.82. The molecule has 0 radical (unpaired) electrons. The van der Waals surface area contributed by atoms with Gasteiger partial charge in [0.2, 0.25) is 15.9 Å². The number of nitrogens with zero attached hydrogens (tertiary/aromatic N) is 1. The fourth-order valence-corrected chi connectivity index (χ4v) is 2.78. The van der Waals surface area contributed by atoms with E-state index in [1.807, 2.05) is 27.7 Å². The Balaban J connectivity index is 2.88. The first-order valence-electron chi connectivity index (χ1n) is 8.15. The lowest BCUT2D eigenvalue weighted by molar-refractivity contribution is -0.120. The van der Waals surface area contributed by atoms with Gasteiger partial charge in [-0.05, 0) is 43.5 Å². The second-order valence-electron chi connectivity index (χ2n) is 6.21. The fourth-order valence-electron chi connectivity index (χ4n) is 1.93. The summed E-state index contributed by atoms with van der Waals surface area (Å²) in [5.74, 6) is 0.621. The summed E-state index contributed by atoms with van der Waals surface area (Å²) in [7, 11) is -3.57. The highest BCUT2D eigenvalue weighted by atomic mass is 32.2. The number of carbonyl (C=O) groups is 1. The van der Waals surface area contributed by atoms with Gasteiger partial charge >= 0.3 is 0 Å². The lowest BCUT2D eigenvalue weighted by Gasteiger charge is -2.24. The minimum Gasteiger partial charge on any atom is -0.494 e. The van der Waals surface area contributed by atoms with Gasteiger partial charge in [0.1, 0.15) is 12.3 Å². The van der Waals surface area contributed by atoms with Gasteiger partial charge in [0, 0.05) is 6.04 Å². The molecule has 7 heteroatoms. The third-order valence-electron chi connectivity index (χ3n) is 3.67. The summed E-state index contributed by atoms with van der Waals surface area (Å²) in [6, 6.07) is 6.68. The summed E-state index contributed by atoms with van der Waals surface area (Å²) >= 11 is 0. The molecule has 1 rings (SSSR count). The van der Waals surface area contributed by atoms with Gasteiger partial charge in [-0.2, -0.15) is 0 Å². The van der Waals surface area contributed by atoms with Crippen LogP contribution in [0.15, 0.2) is 24.3 Å². The molecule has 0 aliphatic carbocycles. The van der Waals surface area contributed by atoms with Crippen LogP contribution in [-0.4, -0.2) is 39.8 Å². The number of benzene rings is 1. The van der Waals surface area contributed by atoms with E-state index in [1.54, 1.807) is 24.3 Å². The summed E-state index contributed by atoms with van der Waals surface area (Å²) in [6.45, 7) is 8.25. The minimum atomic E-state index is -3.57. The largest absolute Gasteiger partial charge is 0.494 e. The van der Waals surface area contributed by atoms with Crippen molar-refractivity contribution in [1.82, 2.24) is 5.32 Å². The first-order valence-corrected chi connectivity index (χ1v) is 10.00. The third-order valence-corrected chi connectivity index (χ3v) is 4.81. The number of carbonyl (C=O) groups excluding carboxylic acids is 1. The van der Waals surface area contributed by atoms with Crippen molar-refractivity contribution in [2.75, 3.05) is 23.7 Å². The van der Waals surface area contributed by atoms with Crippen molar-refractivity contribution in [1.29, 1.82) is 0 Å². The number of hydrogen-bond acceptors (Lipinski definition) is 4. The van der Waals surface area contributed by atoms with E-state index in [0.29, 0.717) is 18.0 Å². The van der Waals surface area contributed by atoms with Crippen molar-refractivity contribution in [3.63, 3.8) is 0 Å². The maximum atomic E-state index is 12.2. The van der Waals surface area contributed by atoms with E-state index in [1.165, 1.54) is 0 Å². The molecule has 0 bridgehead atoms. The molecule has 1 unspecified atom stereocenters. The Morgan fingerprint density at radius 1 is 1.21 bits per heavy atom. The van der Waals surface area contributed by atoms with Crippen molar-refractivity contribution in [3.8, 4) is 5.75 Å². The van der Waals surface area contributed by atoms with E-state index in [9.17, 15) is 13.2 Å². The standard InChI is InChI=1S/C17H28N2O4S/c1-6-11-23-16-9-7-15(8-10-16)19(24(5,21)22)12-17(20)18-14(4)13(2)3/h7-10,13-14H,6,11-12H2,1-5H3,(H,18,20). The molecule has 6 nitrogen and oxygen atoms in total. The third kappa shape index (κ3) is 6.39. The normalized spacial score (nSPS) is 12.8. The zero-order valence-electron chi connectivity index (χ0n) is 15.1. The molecule has 0 aliphatic heterocycles. The predicted molar refractivity (Wildman–Crippen MR) is 96.9 cm³/mol. The number of sulfonamides is 1. The van der Waals surface area contributed by atoms with Gasteiger partial charge in [-0.25, -0.2) is 8.42 Å². The number of nitrogens with one attached hydrogen (secondary N) is 1. The molecule has 0 aliphatic rings. The van der Waals surface area contributed by atoms with Gasteiger partial charge in [0.25, 0.3) is 0 Å². The molecule has 0 aromatic heterocycles. The van der Waals surface area contributed by atoms with Crippen molar-refractivity contribution in [2.24, 2.45) is 5.92 Å².